The van der Waals surface area contributed by atoms with E-state index >= 15 is 0 Å². The summed E-state index contributed by atoms with van der Waals surface area (Å²) in [5.41, 5.74) is 4.74. The van der Waals surface area contributed by atoms with E-state index in [4.69, 9.17) is 0 Å². The maximum Gasteiger partial charge on any atom is 0.193 e. The van der Waals surface area contributed by atoms with E-state index in [1.807, 2.05) is 36.4 Å². The van der Waals surface area contributed by atoms with Crippen molar-refractivity contribution in [2.75, 3.05) is 6.54 Å². The van der Waals surface area contributed by atoms with E-state index in [0.29, 0.717) is 0 Å². The van der Waals surface area contributed by atoms with Crippen molar-refractivity contribution in [2.24, 2.45) is 0 Å². The Morgan fingerprint density at radius 3 is 3.04 bits per heavy atom. The molecule has 1 N–H and O–H groups in total. The lowest BCUT2D eigenvalue weighted by molar-refractivity contribution is 0.195. The minimum absolute atomic E-state index is 0.0871. The van der Waals surface area contributed by atoms with E-state index in [1.165, 1.54) is 17.0 Å². The van der Waals surface area contributed by atoms with Crippen molar-refractivity contribution in [1.29, 1.82) is 0 Å². The van der Waals surface area contributed by atoms with Crippen LogP contribution in [0.3, 0.4) is 0 Å². The molecule has 0 bridgehead atoms. The molecule has 0 radical (unpaired) electrons. The molecular formula is C19H18N6S. The van der Waals surface area contributed by atoms with Crippen molar-refractivity contribution in [3.05, 3.63) is 83.4 Å². The number of pyridine rings is 1. The fourth-order valence-electron chi connectivity index (χ4n) is 3.67. The largest absolute Gasteiger partial charge is 0.348 e. The summed E-state index contributed by atoms with van der Waals surface area (Å²) in [6.45, 7) is 1.81. The van der Waals surface area contributed by atoms with Gasteiger partial charge in [0.15, 0.2) is 5.13 Å². The molecule has 0 aliphatic carbocycles. The zero-order valence-corrected chi connectivity index (χ0v) is 14.9. The highest BCUT2D eigenvalue weighted by Crippen LogP contribution is 2.35. The molecule has 0 saturated heterocycles. The van der Waals surface area contributed by atoms with Crippen LogP contribution in [0.15, 0.2) is 60.8 Å². The van der Waals surface area contributed by atoms with Gasteiger partial charge in [0.25, 0.3) is 0 Å². The van der Waals surface area contributed by atoms with Crippen LogP contribution in [-0.4, -0.2) is 35.9 Å². The van der Waals surface area contributed by atoms with Gasteiger partial charge in [-0.1, -0.05) is 6.07 Å². The van der Waals surface area contributed by atoms with Crippen LogP contribution >= 0.6 is 11.3 Å². The molecule has 5 rings (SSSR count). The molecule has 1 unspecified atom stereocenters. The zero-order valence-electron chi connectivity index (χ0n) is 14.1. The normalized spacial score (nSPS) is 17.3. The van der Waals surface area contributed by atoms with Gasteiger partial charge in [0.05, 0.1) is 18.1 Å². The van der Waals surface area contributed by atoms with Crippen molar-refractivity contribution >= 4 is 11.3 Å². The van der Waals surface area contributed by atoms with Gasteiger partial charge >= 0.3 is 0 Å². The predicted octanol–water partition coefficient (Wildman–Crippen LogP) is 3.20. The lowest BCUT2D eigenvalue weighted by atomic mass is 9.99. The van der Waals surface area contributed by atoms with Crippen LogP contribution in [0.1, 0.15) is 28.7 Å². The van der Waals surface area contributed by atoms with Gasteiger partial charge in [-0.3, -0.25) is 14.5 Å². The highest BCUT2D eigenvalue weighted by atomic mass is 32.1. The predicted molar refractivity (Wildman–Crippen MR) is 100 cm³/mol. The average molecular weight is 362 g/mol. The fourth-order valence-corrected chi connectivity index (χ4v) is 4.32. The number of aromatic amines is 1. The van der Waals surface area contributed by atoms with Crippen LogP contribution in [0.5, 0.6) is 0 Å². The maximum absolute atomic E-state index is 4.67. The number of H-pyrrole nitrogens is 1. The topological polar surface area (TPSA) is 62.6 Å². The number of hydrogen-bond acceptors (Lipinski definition) is 5. The van der Waals surface area contributed by atoms with Crippen molar-refractivity contribution in [3.8, 4) is 5.13 Å². The van der Waals surface area contributed by atoms with E-state index in [-0.39, 0.29) is 6.04 Å². The molecule has 1 aliphatic heterocycles. The molecule has 1 aliphatic rings. The minimum atomic E-state index is 0.0871. The molecule has 0 spiro atoms. The van der Waals surface area contributed by atoms with Crippen molar-refractivity contribution in [2.45, 2.75) is 19.0 Å². The summed E-state index contributed by atoms with van der Waals surface area (Å²) >= 11 is 1.64. The number of rotatable bonds is 4. The standard InChI is InChI=1S/C19H18N6S/c1-3-14(11-20-6-1)12-24-9-5-15-17(23-13-22-15)18(24)16-4-2-8-25(16)19-21-7-10-26-19/h1-4,6-8,10-11,13,18H,5,9,12H2,(H,22,23). The molecule has 0 aromatic carbocycles. The molecule has 0 saturated carbocycles. The molecule has 0 fully saturated rings. The Hall–Kier alpha value is -2.77. The summed E-state index contributed by atoms with van der Waals surface area (Å²) in [6, 6.07) is 8.46. The summed E-state index contributed by atoms with van der Waals surface area (Å²) in [4.78, 5) is 19.2. The Labute approximate surface area is 155 Å². The van der Waals surface area contributed by atoms with Crippen LogP contribution < -0.4 is 0 Å². The highest BCUT2D eigenvalue weighted by Gasteiger charge is 2.33. The van der Waals surface area contributed by atoms with Crippen molar-refractivity contribution < 1.29 is 0 Å². The van der Waals surface area contributed by atoms with Crippen LogP contribution in [0.2, 0.25) is 0 Å². The summed E-state index contributed by atoms with van der Waals surface area (Å²) in [7, 11) is 0. The number of thiazole rings is 1. The average Bonchev–Trinajstić information content (AvgIpc) is 3.42. The summed E-state index contributed by atoms with van der Waals surface area (Å²) in [5, 5.41) is 2.99. The third-order valence-corrected chi connectivity index (χ3v) is 5.59. The lowest BCUT2D eigenvalue weighted by Gasteiger charge is -2.35. The summed E-state index contributed by atoms with van der Waals surface area (Å²) in [6.07, 6.45) is 10.5. The molecule has 5 heterocycles. The molecule has 4 aromatic rings. The fraction of sp³-hybridized carbons (Fsp3) is 0.211. The van der Waals surface area contributed by atoms with Gasteiger partial charge in [0.1, 0.15) is 0 Å². The third kappa shape index (κ3) is 2.65. The first-order valence-electron chi connectivity index (χ1n) is 8.62. The van der Waals surface area contributed by atoms with Crippen LogP contribution in [0.25, 0.3) is 5.13 Å². The van der Waals surface area contributed by atoms with Crippen molar-refractivity contribution in [1.82, 2.24) is 29.4 Å². The second-order valence-corrected chi connectivity index (χ2v) is 7.24. The first-order valence-corrected chi connectivity index (χ1v) is 9.50. The second kappa shape index (κ2) is 6.51. The van der Waals surface area contributed by atoms with Gasteiger partial charge in [0, 0.05) is 61.1 Å². The Bertz CT molecular complexity index is 988. The SMILES string of the molecule is c1cncc(CN2CCc3[nH]cnc3C2c2cccn2-c2nccs2)c1. The number of nitrogens with zero attached hydrogens (tertiary/aromatic N) is 5. The zero-order chi connectivity index (χ0) is 17.3. The maximum atomic E-state index is 4.67. The Morgan fingerprint density at radius 1 is 1.19 bits per heavy atom. The Kier molecular flexibility index (Phi) is 3.88. The molecule has 130 valence electrons. The van der Waals surface area contributed by atoms with Gasteiger partial charge in [-0.2, -0.15) is 0 Å². The van der Waals surface area contributed by atoms with Crippen LogP contribution in [0.4, 0.5) is 0 Å². The molecule has 6 nitrogen and oxygen atoms in total. The van der Waals surface area contributed by atoms with E-state index < -0.39 is 0 Å². The first-order chi connectivity index (χ1) is 12.9. The smallest absolute Gasteiger partial charge is 0.193 e. The van der Waals surface area contributed by atoms with E-state index in [2.05, 4.69) is 53.8 Å². The van der Waals surface area contributed by atoms with E-state index in [0.717, 1.165) is 30.3 Å². The lowest BCUT2D eigenvalue weighted by Crippen LogP contribution is -2.36. The van der Waals surface area contributed by atoms with Gasteiger partial charge in [-0.25, -0.2) is 9.97 Å². The first kappa shape index (κ1) is 15.5. The number of imidazole rings is 1. The summed E-state index contributed by atoms with van der Waals surface area (Å²) in [5.74, 6) is 0. The van der Waals surface area contributed by atoms with E-state index in [1.54, 1.807) is 11.3 Å². The number of nitrogens with one attached hydrogen (secondary N) is 1. The monoisotopic (exact) mass is 362 g/mol. The van der Waals surface area contributed by atoms with Gasteiger partial charge in [-0.05, 0) is 23.8 Å². The number of fused-ring (bicyclic) bond motifs is 1. The van der Waals surface area contributed by atoms with Gasteiger partial charge in [-0.15, -0.1) is 11.3 Å². The van der Waals surface area contributed by atoms with Crippen LogP contribution in [0, 0.1) is 0 Å². The van der Waals surface area contributed by atoms with Crippen LogP contribution in [-0.2, 0) is 13.0 Å². The molecule has 26 heavy (non-hydrogen) atoms. The highest BCUT2D eigenvalue weighted by molar-refractivity contribution is 7.12. The molecule has 0 amide bonds. The Balaban J connectivity index is 1.58. The third-order valence-electron chi connectivity index (χ3n) is 4.82. The molecule has 1 atom stereocenters. The molecular weight excluding hydrogens is 344 g/mol. The van der Waals surface area contributed by atoms with Gasteiger partial charge < -0.3 is 4.98 Å². The number of hydrogen-bond donors (Lipinski definition) is 1. The van der Waals surface area contributed by atoms with Crippen molar-refractivity contribution in [3.63, 3.8) is 0 Å². The quantitative estimate of drug-likeness (QED) is 0.606. The number of aromatic nitrogens is 5. The van der Waals surface area contributed by atoms with Gasteiger partial charge in [0.2, 0.25) is 0 Å². The summed E-state index contributed by atoms with van der Waals surface area (Å²) < 4.78 is 2.18. The van der Waals surface area contributed by atoms with E-state index in [9.17, 15) is 0 Å². The molecule has 4 aromatic heterocycles. The molecule has 7 heteroatoms. The Morgan fingerprint density at radius 2 is 2.19 bits per heavy atom. The second-order valence-electron chi connectivity index (χ2n) is 6.37. The minimum Gasteiger partial charge on any atom is -0.348 e.